The van der Waals surface area contributed by atoms with Gasteiger partial charge in [-0.15, -0.1) is 0 Å². The zero-order chi connectivity index (χ0) is 20.6. The van der Waals surface area contributed by atoms with Gasteiger partial charge in [-0.3, -0.25) is 9.69 Å². The second-order valence-corrected chi connectivity index (χ2v) is 7.73. The first-order valence-corrected chi connectivity index (χ1v) is 10.4. The number of methoxy groups -OCH3 is 2. The second-order valence-electron chi connectivity index (χ2n) is 7.73. The first-order valence-electron chi connectivity index (χ1n) is 10.4. The predicted molar refractivity (Wildman–Crippen MR) is 115 cm³/mol. The zero-order valence-electron chi connectivity index (χ0n) is 17.7. The molecule has 1 heterocycles. The van der Waals surface area contributed by atoms with Crippen LogP contribution in [0.3, 0.4) is 0 Å². The van der Waals surface area contributed by atoms with E-state index < -0.39 is 0 Å². The SMILES string of the molecule is COc1ccc(CCNC(=O)C2CCCN(Cc3ccccc3C)C2)cc1OC. The smallest absolute Gasteiger partial charge is 0.224 e. The third-order valence-corrected chi connectivity index (χ3v) is 5.69. The van der Waals surface area contributed by atoms with Crippen molar-refractivity contribution in [3.63, 3.8) is 0 Å². The summed E-state index contributed by atoms with van der Waals surface area (Å²) in [5.74, 6) is 1.67. The molecule has 29 heavy (non-hydrogen) atoms. The minimum atomic E-state index is 0.0678. The molecule has 1 unspecified atom stereocenters. The van der Waals surface area contributed by atoms with E-state index in [0.717, 1.165) is 56.0 Å². The molecule has 1 amide bonds. The Kier molecular flexibility index (Phi) is 7.53. The van der Waals surface area contributed by atoms with E-state index in [9.17, 15) is 4.79 Å². The van der Waals surface area contributed by atoms with Crippen molar-refractivity contribution in [2.45, 2.75) is 32.7 Å². The molecule has 0 bridgehead atoms. The molecule has 156 valence electrons. The molecule has 5 nitrogen and oxygen atoms in total. The zero-order valence-corrected chi connectivity index (χ0v) is 17.7. The van der Waals surface area contributed by atoms with Crippen LogP contribution in [0, 0.1) is 12.8 Å². The van der Waals surface area contributed by atoms with Gasteiger partial charge in [0.25, 0.3) is 0 Å². The fourth-order valence-corrected chi connectivity index (χ4v) is 3.95. The van der Waals surface area contributed by atoms with Crippen LogP contribution in [0.1, 0.15) is 29.5 Å². The third-order valence-electron chi connectivity index (χ3n) is 5.69. The van der Waals surface area contributed by atoms with Crippen molar-refractivity contribution in [2.75, 3.05) is 33.9 Å². The Morgan fingerprint density at radius 3 is 2.69 bits per heavy atom. The van der Waals surface area contributed by atoms with Crippen molar-refractivity contribution in [1.82, 2.24) is 10.2 Å². The maximum atomic E-state index is 12.7. The van der Waals surface area contributed by atoms with E-state index >= 15 is 0 Å². The van der Waals surface area contributed by atoms with Crippen molar-refractivity contribution in [3.8, 4) is 11.5 Å². The summed E-state index contributed by atoms with van der Waals surface area (Å²) in [6, 6.07) is 14.4. The van der Waals surface area contributed by atoms with Crippen LogP contribution in [0.15, 0.2) is 42.5 Å². The maximum Gasteiger partial charge on any atom is 0.224 e. The lowest BCUT2D eigenvalue weighted by molar-refractivity contribution is -0.126. The Hall–Kier alpha value is -2.53. The van der Waals surface area contributed by atoms with Crippen LogP contribution in [0.5, 0.6) is 11.5 Å². The van der Waals surface area contributed by atoms with Gasteiger partial charge >= 0.3 is 0 Å². The van der Waals surface area contributed by atoms with Crippen LogP contribution >= 0.6 is 0 Å². The summed E-state index contributed by atoms with van der Waals surface area (Å²) >= 11 is 0. The molecule has 1 N–H and O–H groups in total. The van der Waals surface area contributed by atoms with E-state index in [0.29, 0.717) is 6.54 Å². The fourth-order valence-electron chi connectivity index (χ4n) is 3.95. The van der Waals surface area contributed by atoms with Crippen LogP contribution in [-0.2, 0) is 17.8 Å². The summed E-state index contributed by atoms with van der Waals surface area (Å²) in [5, 5.41) is 3.13. The molecule has 2 aromatic rings. The number of carbonyl (C=O) groups excluding carboxylic acids is 1. The molecule has 0 aromatic heterocycles. The van der Waals surface area contributed by atoms with Crippen LogP contribution in [0.2, 0.25) is 0 Å². The Labute approximate surface area is 174 Å². The summed E-state index contributed by atoms with van der Waals surface area (Å²) in [6.45, 7) is 5.59. The number of nitrogens with one attached hydrogen (secondary N) is 1. The highest BCUT2D eigenvalue weighted by atomic mass is 16.5. The second kappa shape index (κ2) is 10.3. The minimum Gasteiger partial charge on any atom is -0.493 e. The number of hydrogen-bond acceptors (Lipinski definition) is 4. The Bertz CT molecular complexity index is 822. The van der Waals surface area contributed by atoms with Crippen molar-refractivity contribution < 1.29 is 14.3 Å². The molecule has 0 aliphatic carbocycles. The van der Waals surface area contributed by atoms with Crippen molar-refractivity contribution in [1.29, 1.82) is 0 Å². The third kappa shape index (κ3) is 5.73. The van der Waals surface area contributed by atoms with Crippen molar-refractivity contribution in [2.24, 2.45) is 5.92 Å². The van der Waals surface area contributed by atoms with E-state index in [-0.39, 0.29) is 11.8 Å². The molecule has 0 radical (unpaired) electrons. The summed E-state index contributed by atoms with van der Waals surface area (Å²) in [7, 11) is 3.26. The molecule has 1 atom stereocenters. The molecule has 5 heteroatoms. The number of rotatable bonds is 8. The number of hydrogen-bond donors (Lipinski definition) is 1. The summed E-state index contributed by atoms with van der Waals surface area (Å²) in [4.78, 5) is 15.1. The average molecular weight is 397 g/mol. The number of amides is 1. The van der Waals surface area contributed by atoms with Gasteiger partial charge in [-0.25, -0.2) is 0 Å². The van der Waals surface area contributed by atoms with Crippen LogP contribution in [0.4, 0.5) is 0 Å². The largest absolute Gasteiger partial charge is 0.493 e. The Balaban J connectivity index is 1.48. The van der Waals surface area contributed by atoms with Gasteiger partial charge < -0.3 is 14.8 Å². The standard InChI is InChI=1S/C24H32N2O3/c1-18-7-4-5-8-20(18)16-26-14-6-9-21(17-26)24(27)25-13-12-19-10-11-22(28-2)23(15-19)29-3/h4-5,7-8,10-11,15,21H,6,9,12-14,16-17H2,1-3H3,(H,25,27). The minimum absolute atomic E-state index is 0.0678. The van der Waals surface area contributed by atoms with E-state index in [1.807, 2.05) is 18.2 Å². The molecular weight excluding hydrogens is 364 g/mol. The van der Waals surface area contributed by atoms with Gasteiger partial charge in [0.05, 0.1) is 20.1 Å². The van der Waals surface area contributed by atoms with Crippen molar-refractivity contribution >= 4 is 5.91 Å². The number of carbonyl (C=O) groups is 1. The van der Waals surface area contributed by atoms with E-state index in [4.69, 9.17) is 9.47 Å². The quantitative estimate of drug-likeness (QED) is 0.741. The lowest BCUT2D eigenvalue weighted by Gasteiger charge is -2.32. The van der Waals surface area contributed by atoms with E-state index in [1.54, 1.807) is 14.2 Å². The van der Waals surface area contributed by atoms with Crippen LogP contribution in [0.25, 0.3) is 0 Å². The van der Waals surface area contributed by atoms with Crippen LogP contribution in [-0.4, -0.2) is 44.7 Å². The normalized spacial score (nSPS) is 17.0. The van der Waals surface area contributed by atoms with Gasteiger partial charge in [-0.1, -0.05) is 30.3 Å². The molecule has 1 saturated heterocycles. The van der Waals surface area contributed by atoms with Gasteiger partial charge in [0.1, 0.15) is 0 Å². The molecule has 1 aliphatic heterocycles. The van der Waals surface area contributed by atoms with Gasteiger partial charge in [0.15, 0.2) is 11.5 Å². The number of likely N-dealkylation sites (tertiary alicyclic amines) is 1. The average Bonchev–Trinajstić information content (AvgIpc) is 2.75. The lowest BCUT2D eigenvalue weighted by atomic mass is 9.96. The number of benzene rings is 2. The maximum absolute atomic E-state index is 12.7. The Morgan fingerprint density at radius 1 is 1.14 bits per heavy atom. The summed E-state index contributed by atoms with van der Waals surface area (Å²) in [6.07, 6.45) is 2.80. The molecule has 0 saturated carbocycles. The number of ether oxygens (including phenoxy) is 2. The molecule has 0 spiro atoms. The summed E-state index contributed by atoms with van der Waals surface area (Å²) in [5.41, 5.74) is 3.78. The monoisotopic (exact) mass is 396 g/mol. The number of nitrogens with zero attached hydrogens (tertiary/aromatic N) is 1. The first-order chi connectivity index (χ1) is 14.1. The van der Waals surface area contributed by atoms with Gasteiger partial charge in [-0.2, -0.15) is 0 Å². The lowest BCUT2D eigenvalue weighted by Crippen LogP contribution is -2.43. The first kappa shape index (κ1) is 21.2. The molecular formula is C24H32N2O3. The molecule has 2 aromatic carbocycles. The molecule has 3 rings (SSSR count). The van der Waals surface area contributed by atoms with Gasteiger partial charge in [-0.05, 0) is 61.6 Å². The van der Waals surface area contributed by atoms with Crippen LogP contribution < -0.4 is 14.8 Å². The Morgan fingerprint density at radius 2 is 1.93 bits per heavy atom. The van der Waals surface area contributed by atoms with Gasteiger partial charge in [0, 0.05) is 19.6 Å². The fraction of sp³-hybridized carbons (Fsp3) is 0.458. The molecule has 1 fully saturated rings. The highest BCUT2D eigenvalue weighted by Crippen LogP contribution is 2.27. The van der Waals surface area contributed by atoms with E-state index in [1.165, 1.54) is 11.1 Å². The number of piperidine rings is 1. The molecule has 1 aliphatic rings. The van der Waals surface area contributed by atoms with Gasteiger partial charge in [0.2, 0.25) is 5.91 Å². The number of aryl methyl sites for hydroxylation is 1. The van der Waals surface area contributed by atoms with E-state index in [2.05, 4.69) is 41.4 Å². The summed E-state index contributed by atoms with van der Waals surface area (Å²) < 4.78 is 10.6. The van der Waals surface area contributed by atoms with Crippen molar-refractivity contribution in [3.05, 3.63) is 59.2 Å². The topological polar surface area (TPSA) is 50.8 Å². The highest BCUT2D eigenvalue weighted by molar-refractivity contribution is 5.79. The predicted octanol–water partition coefficient (Wildman–Crippen LogP) is 3.58. The highest BCUT2D eigenvalue weighted by Gasteiger charge is 2.25.